The molecule has 0 saturated carbocycles. The number of aliphatic hydroxyl groups excluding tert-OH is 2. The first kappa shape index (κ1) is 16.9. The lowest BCUT2D eigenvalue weighted by molar-refractivity contribution is -0.0724. The SMILES string of the molecule is BC1(O)C(B2OC(C)(C)C(C)(C)O2)=C(O)CC(C)(C)C1O. The van der Waals surface area contributed by atoms with Gasteiger partial charge < -0.3 is 24.6 Å². The Hall–Kier alpha value is -0.490. The van der Waals surface area contributed by atoms with Crippen LogP contribution in [0.2, 0.25) is 0 Å². The zero-order chi connectivity index (χ0) is 16.4. The molecule has 1 fully saturated rings. The Morgan fingerprint density at radius 1 is 1.10 bits per heavy atom. The van der Waals surface area contributed by atoms with Gasteiger partial charge in [-0.1, -0.05) is 13.8 Å². The fourth-order valence-electron chi connectivity index (χ4n) is 3.16. The van der Waals surface area contributed by atoms with Crippen LogP contribution in [0.3, 0.4) is 0 Å². The summed E-state index contributed by atoms with van der Waals surface area (Å²) in [7, 11) is 0.630. The summed E-state index contributed by atoms with van der Waals surface area (Å²) >= 11 is 0. The molecule has 1 aliphatic heterocycles. The molecule has 21 heavy (non-hydrogen) atoms. The van der Waals surface area contributed by atoms with E-state index in [1.165, 1.54) is 7.85 Å². The van der Waals surface area contributed by atoms with Crippen molar-refractivity contribution in [3.63, 3.8) is 0 Å². The van der Waals surface area contributed by atoms with E-state index >= 15 is 0 Å². The van der Waals surface area contributed by atoms with Crippen LogP contribution >= 0.6 is 0 Å². The van der Waals surface area contributed by atoms with E-state index in [4.69, 9.17) is 9.31 Å². The molecule has 0 aromatic carbocycles. The molecule has 0 bridgehead atoms. The van der Waals surface area contributed by atoms with E-state index in [2.05, 4.69) is 0 Å². The molecule has 0 aromatic rings. The highest BCUT2D eigenvalue weighted by molar-refractivity contribution is 6.57. The molecule has 2 atom stereocenters. The third-order valence-electron chi connectivity index (χ3n) is 5.24. The Balaban J connectivity index is 2.45. The summed E-state index contributed by atoms with van der Waals surface area (Å²) in [6.07, 6.45) is -0.751. The van der Waals surface area contributed by atoms with Gasteiger partial charge in [-0.25, -0.2) is 0 Å². The van der Waals surface area contributed by atoms with Crippen molar-refractivity contribution in [3.8, 4) is 0 Å². The van der Waals surface area contributed by atoms with Crippen molar-refractivity contribution < 1.29 is 24.6 Å². The van der Waals surface area contributed by atoms with Crippen LogP contribution in [0.1, 0.15) is 48.0 Å². The van der Waals surface area contributed by atoms with Gasteiger partial charge in [-0.05, 0) is 33.1 Å². The summed E-state index contributed by atoms with van der Waals surface area (Å²) in [6.45, 7) is 11.2. The maximum Gasteiger partial charge on any atom is 0.496 e. The molecule has 0 spiro atoms. The van der Waals surface area contributed by atoms with Gasteiger partial charge in [0.05, 0.1) is 28.6 Å². The van der Waals surface area contributed by atoms with E-state index in [0.29, 0.717) is 0 Å². The number of allylic oxidation sites excluding steroid dienone is 1. The normalized spacial score (nSPS) is 37.9. The van der Waals surface area contributed by atoms with Crippen LogP contribution in [0.5, 0.6) is 0 Å². The van der Waals surface area contributed by atoms with Crippen LogP contribution in [0.15, 0.2) is 11.2 Å². The Bertz CT molecular complexity index is 466. The predicted molar refractivity (Wildman–Crippen MR) is 83.6 cm³/mol. The first-order valence-corrected chi connectivity index (χ1v) is 7.41. The third-order valence-corrected chi connectivity index (χ3v) is 5.24. The first-order chi connectivity index (χ1) is 9.22. The monoisotopic (exact) mass is 296 g/mol. The van der Waals surface area contributed by atoms with E-state index in [1.54, 1.807) is 0 Å². The highest BCUT2D eigenvalue weighted by atomic mass is 16.7. The van der Waals surface area contributed by atoms with Crippen molar-refractivity contribution >= 4 is 15.0 Å². The van der Waals surface area contributed by atoms with Gasteiger partial charge in [0.25, 0.3) is 0 Å². The Morgan fingerprint density at radius 2 is 1.52 bits per heavy atom. The van der Waals surface area contributed by atoms with Gasteiger partial charge >= 0.3 is 7.12 Å². The van der Waals surface area contributed by atoms with Crippen molar-refractivity contribution in [2.24, 2.45) is 5.41 Å². The molecule has 0 amide bonds. The average molecular weight is 296 g/mol. The third kappa shape index (κ3) is 2.44. The van der Waals surface area contributed by atoms with Crippen molar-refractivity contribution in [3.05, 3.63) is 11.2 Å². The van der Waals surface area contributed by atoms with Crippen LogP contribution in [0, 0.1) is 5.41 Å². The molecule has 118 valence electrons. The molecular formula is C14H26B2O5. The van der Waals surface area contributed by atoms with E-state index in [1.807, 2.05) is 41.5 Å². The van der Waals surface area contributed by atoms with E-state index < -0.39 is 35.3 Å². The molecule has 2 rings (SSSR count). The number of hydrogen-bond donors (Lipinski definition) is 3. The van der Waals surface area contributed by atoms with Crippen LogP contribution in [0.4, 0.5) is 0 Å². The van der Waals surface area contributed by atoms with E-state index in [0.717, 1.165) is 0 Å². The van der Waals surface area contributed by atoms with Crippen LogP contribution in [-0.2, 0) is 9.31 Å². The van der Waals surface area contributed by atoms with Crippen LogP contribution < -0.4 is 0 Å². The fourth-order valence-corrected chi connectivity index (χ4v) is 3.16. The van der Waals surface area contributed by atoms with E-state index in [-0.39, 0.29) is 17.7 Å². The van der Waals surface area contributed by atoms with Gasteiger partial charge in [-0.2, -0.15) is 0 Å². The predicted octanol–water partition coefficient (Wildman–Crippen LogP) is 0.542. The molecule has 3 N–H and O–H groups in total. The Morgan fingerprint density at radius 3 is 1.95 bits per heavy atom. The zero-order valence-electron chi connectivity index (χ0n) is 14.0. The fraction of sp³-hybridized carbons (Fsp3) is 0.857. The minimum absolute atomic E-state index is 0.0359. The molecule has 1 heterocycles. The lowest BCUT2D eigenvalue weighted by Crippen LogP contribution is -2.59. The molecule has 2 aliphatic rings. The van der Waals surface area contributed by atoms with Gasteiger partial charge in [0, 0.05) is 11.9 Å². The van der Waals surface area contributed by atoms with E-state index in [9.17, 15) is 15.3 Å². The summed E-state index contributed by atoms with van der Waals surface area (Å²) in [4.78, 5) is 0. The van der Waals surface area contributed by atoms with Gasteiger partial charge in [0.15, 0.2) is 7.85 Å². The molecule has 1 saturated heterocycles. The maximum atomic E-state index is 10.8. The first-order valence-electron chi connectivity index (χ1n) is 7.41. The molecular weight excluding hydrogens is 270 g/mol. The Kier molecular flexibility index (Phi) is 3.62. The largest absolute Gasteiger partial charge is 0.513 e. The minimum Gasteiger partial charge on any atom is -0.513 e. The van der Waals surface area contributed by atoms with Crippen LogP contribution in [-0.4, -0.2) is 53.1 Å². The summed E-state index contributed by atoms with van der Waals surface area (Å²) in [5.74, 6) is 0.0359. The molecule has 5 nitrogen and oxygen atoms in total. The summed E-state index contributed by atoms with van der Waals surface area (Å²) < 4.78 is 11.8. The number of hydrogen-bond acceptors (Lipinski definition) is 5. The summed E-state index contributed by atoms with van der Waals surface area (Å²) in [6, 6.07) is 0. The second-order valence-electron chi connectivity index (χ2n) is 8.16. The lowest BCUT2D eigenvalue weighted by Gasteiger charge is -2.46. The number of aliphatic hydroxyl groups is 3. The number of rotatable bonds is 1. The van der Waals surface area contributed by atoms with Crippen molar-refractivity contribution in [2.45, 2.75) is 70.8 Å². The molecule has 2 unspecified atom stereocenters. The average Bonchev–Trinajstić information content (AvgIpc) is 2.43. The quantitative estimate of drug-likeness (QED) is 0.616. The zero-order valence-corrected chi connectivity index (χ0v) is 14.0. The maximum absolute atomic E-state index is 10.8. The molecule has 7 heteroatoms. The van der Waals surface area contributed by atoms with Gasteiger partial charge in [-0.15, -0.1) is 0 Å². The molecule has 0 aromatic heterocycles. The smallest absolute Gasteiger partial charge is 0.496 e. The Labute approximate surface area is 127 Å². The van der Waals surface area contributed by atoms with Crippen LogP contribution in [0.25, 0.3) is 0 Å². The second kappa shape index (κ2) is 4.51. The van der Waals surface area contributed by atoms with Crippen molar-refractivity contribution in [1.82, 2.24) is 0 Å². The topological polar surface area (TPSA) is 79.2 Å². The highest BCUT2D eigenvalue weighted by Gasteiger charge is 2.60. The lowest BCUT2D eigenvalue weighted by atomic mass is 9.50. The van der Waals surface area contributed by atoms with Gasteiger partial charge in [0.2, 0.25) is 0 Å². The highest BCUT2D eigenvalue weighted by Crippen LogP contribution is 2.47. The summed E-state index contributed by atoms with van der Waals surface area (Å²) in [5, 5.41) is 31.7. The van der Waals surface area contributed by atoms with Crippen molar-refractivity contribution in [2.75, 3.05) is 0 Å². The molecule has 0 radical (unpaired) electrons. The minimum atomic E-state index is -1.60. The standard InChI is InChI=1S/C14H26B2O5/c1-11(2)7-8(17)9(14(15,19)10(11)18)16-20-12(3,4)13(5,6)21-16/h10,17-19H,7,15H2,1-6H3. The molecule has 1 aliphatic carbocycles. The van der Waals surface area contributed by atoms with Gasteiger partial charge in [0.1, 0.15) is 0 Å². The van der Waals surface area contributed by atoms with Crippen molar-refractivity contribution in [1.29, 1.82) is 0 Å². The second-order valence-corrected chi connectivity index (χ2v) is 8.16. The van der Waals surface area contributed by atoms with Gasteiger partial charge in [-0.3, -0.25) is 0 Å². The summed E-state index contributed by atoms with van der Waals surface area (Å²) in [5.41, 5.74) is -3.14.